The first kappa shape index (κ1) is 22.3. The minimum atomic E-state index is -3.52. The van der Waals surface area contributed by atoms with Crippen molar-refractivity contribution in [1.29, 1.82) is 0 Å². The van der Waals surface area contributed by atoms with E-state index in [2.05, 4.69) is 0 Å². The average molecular weight is 449 g/mol. The Kier molecular flexibility index (Phi) is 7.05. The Labute approximate surface area is 190 Å². The van der Waals surface area contributed by atoms with Crippen LogP contribution in [0.3, 0.4) is 0 Å². The topological polar surface area (TPSA) is 60.4 Å². The zero-order chi connectivity index (χ0) is 22.4. The maximum atomic E-state index is 12.8. The van der Waals surface area contributed by atoms with Crippen molar-refractivity contribution in [2.45, 2.75) is 54.4 Å². The molecule has 3 aromatic carbocycles. The summed E-state index contributed by atoms with van der Waals surface area (Å²) in [5, 5.41) is 0. The van der Waals surface area contributed by atoms with E-state index in [-0.39, 0.29) is 17.0 Å². The highest BCUT2D eigenvalue weighted by atomic mass is 32.2. The molecule has 1 fully saturated rings. The smallest absolute Gasteiger partial charge is 0.338 e. The zero-order valence-electron chi connectivity index (χ0n) is 18.0. The van der Waals surface area contributed by atoms with Crippen LogP contribution >= 0.6 is 0 Å². The van der Waals surface area contributed by atoms with Crippen LogP contribution in [-0.2, 0) is 21.0 Å². The van der Waals surface area contributed by atoms with Gasteiger partial charge in [0.05, 0.1) is 15.4 Å². The third kappa shape index (κ3) is 5.28. The van der Waals surface area contributed by atoms with Gasteiger partial charge < -0.3 is 4.74 Å². The van der Waals surface area contributed by atoms with E-state index >= 15 is 0 Å². The van der Waals surface area contributed by atoms with Crippen LogP contribution in [0.15, 0.2) is 94.7 Å². The number of sulfone groups is 1. The van der Waals surface area contributed by atoms with Crippen LogP contribution < -0.4 is 0 Å². The summed E-state index contributed by atoms with van der Waals surface area (Å²) in [7, 11) is -3.52. The summed E-state index contributed by atoms with van der Waals surface area (Å²) in [4.78, 5) is 13.2. The summed E-state index contributed by atoms with van der Waals surface area (Å²) >= 11 is 0. The van der Waals surface area contributed by atoms with Crippen molar-refractivity contribution in [2.75, 3.05) is 0 Å². The van der Waals surface area contributed by atoms with Gasteiger partial charge in [-0.25, -0.2) is 13.2 Å². The Balaban J connectivity index is 1.43. The maximum absolute atomic E-state index is 12.8. The van der Waals surface area contributed by atoms with Crippen LogP contribution in [-0.4, -0.2) is 20.5 Å². The molecule has 32 heavy (non-hydrogen) atoms. The number of ether oxygens (including phenoxy) is 1. The van der Waals surface area contributed by atoms with E-state index in [9.17, 15) is 13.2 Å². The number of hydrogen-bond acceptors (Lipinski definition) is 4. The van der Waals surface area contributed by atoms with Gasteiger partial charge in [0.25, 0.3) is 0 Å². The predicted molar refractivity (Wildman–Crippen MR) is 124 cm³/mol. The quantitative estimate of drug-likeness (QED) is 0.405. The molecule has 0 radical (unpaired) electrons. The van der Waals surface area contributed by atoms with Gasteiger partial charge in [0.1, 0.15) is 6.10 Å². The SMILES string of the molecule is O=C(OC(CCc1ccc(S(=O)(=O)c2ccccc2)cc1)C1CCCC1)c1ccccc1. The van der Waals surface area contributed by atoms with Gasteiger partial charge in [0.2, 0.25) is 9.84 Å². The lowest BCUT2D eigenvalue weighted by molar-refractivity contribution is 0.0120. The van der Waals surface area contributed by atoms with Crippen molar-refractivity contribution < 1.29 is 17.9 Å². The first-order chi connectivity index (χ1) is 15.5. The molecule has 0 saturated heterocycles. The zero-order valence-corrected chi connectivity index (χ0v) is 18.8. The van der Waals surface area contributed by atoms with Crippen molar-refractivity contribution >= 4 is 15.8 Å². The Morgan fingerprint density at radius 3 is 2.00 bits per heavy atom. The Morgan fingerprint density at radius 1 is 0.812 bits per heavy atom. The number of carbonyl (C=O) groups is 1. The van der Waals surface area contributed by atoms with E-state index in [0.717, 1.165) is 31.2 Å². The molecular weight excluding hydrogens is 420 g/mol. The number of hydrogen-bond donors (Lipinski definition) is 0. The number of benzene rings is 3. The second kappa shape index (κ2) is 10.1. The van der Waals surface area contributed by atoms with Gasteiger partial charge in [-0.2, -0.15) is 0 Å². The first-order valence-corrected chi connectivity index (χ1v) is 12.7. The minimum absolute atomic E-state index is 0.127. The van der Waals surface area contributed by atoms with Gasteiger partial charge in [-0.05, 0) is 73.6 Å². The van der Waals surface area contributed by atoms with Crippen molar-refractivity contribution in [3.63, 3.8) is 0 Å². The molecule has 1 aliphatic rings. The van der Waals surface area contributed by atoms with E-state index < -0.39 is 9.84 Å². The molecule has 166 valence electrons. The van der Waals surface area contributed by atoms with E-state index in [1.807, 2.05) is 30.3 Å². The molecule has 1 saturated carbocycles. The molecule has 0 heterocycles. The monoisotopic (exact) mass is 448 g/mol. The highest BCUT2D eigenvalue weighted by molar-refractivity contribution is 7.91. The molecule has 1 atom stereocenters. The molecule has 3 aromatic rings. The van der Waals surface area contributed by atoms with Crippen LogP contribution in [0.25, 0.3) is 0 Å². The van der Waals surface area contributed by atoms with Gasteiger partial charge in [0, 0.05) is 0 Å². The fourth-order valence-corrected chi connectivity index (χ4v) is 5.66. The Morgan fingerprint density at radius 2 is 1.38 bits per heavy atom. The van der Waals surface area contributed by atoms with E-state index in [4.69, 9.17) is 4.74 Å². The van der Waals surface area contributed by atoms with Gasteiger partial charge in [-0.3, -0.25) is 0 Å². The number of esters is 1. The molecule has 0 spiro atoms. The summed E-state index contributed by atoms with van der Waals surface area (Å²) in [6, 6.07) is 24.6. The fraction of sp³-hybridized carbons (Fsp3) is 0.296. The lowest BCUT2D eigenvalue weighted by Crippen LogP contribution is -2.26. The lowest BCUT2D eigenvalue weighted by atomic mass is 9.94. The molecule has 0 aromatic heterocycles. The lowest BCUT2D eigenvalue weighted by Gasteiger charge is -2.24. The molecule has 1 aliphatic carbocycles. The average Bonchev–Trinajstić information content (AvgIpc) is 3.38. The van der Waals surface area contributed by atoms with Crippen LogP contribution in [0.5, 0.6) is 0 Å². The summed E-state index contributed by atoms with van der Waals surface area (Å²) in [6.07, 6.45) is 5.86. The Bertz CT molecular complexity index is 1120. The molecule has 4 nitrogen and oxygen atoms in total. The number of carbonyl (C=O) groups excluding carboxylic acids is 1. The van der Waals surface area contributed by atoms with Crippen molar-refractivity contribution in [3.8, 4) is 0 Å². The van der Waals surface area contributed by atoms with Crippen LogP contribution in [0, 0.1) is 5.92 Å². The molecule has 1 unspecified atom stereocenters. The fourth-order valence-electron chi connectivity index (χ4n) is 4.38. The predicted octanol–water partition coefficient (Wildman–Crippen LogP) is 5.87. The summed E-state index contributed by atoms with van der Waals surface area (Å²) in [6.45, 7) is 0. The van der Waals surface area contributed by atoms with E-state index in [0.29, 0.717) is 16.4 Å². The highest BCUT2D eigenvalue weighted by Gasteiger charge is 2.28. The van der Waals surface area contributed by atoms with Crippen LogP contribution in [0.2, 0.25) is 0 Å². The first-order valence-electron chi connectivity index (χ1n) is 11.2. The van der Waals surface area contributed by atoms with E-state index in [1.54, 1.807) is 54.6 Å². The van der Waals surface area contributed by atoms with Crippen molar-refractivity contribution in [1.82, 2.24) is 0 Å². The minimum Gasteiger partial charge on any atom is -0.458 e. The molecule has 0 aliphatic heterocycles. The van der Waals surface area contributed by atoms with Crippen LogP contribution in [0.1, 0.15) is 48.0 Å². The third-order valence-corrected chi connectivity index (χ3v) is 7.98. The Hall–Kier alpha value is -2.92. The highest BCUT2D eigenvalue weighted by Crippen LogP contribution is 2.32. The van der Waals surface area contributed by atoms with E-state index in [1.165, 1.54) is 12.8 Å². The third-order valence-electron chi connectivity index (χ3n) is 6.20. The normalized spacial score (nSPS) is 15.4. The molecular formula is C27H28O4S. The molecule has 4 rings (SSSR count). The second-order valence-corrected chi connectivity index (χ2v) is 10.3. The maximum Gasteiger partial charge on any atom is 0.338 e. The number of rotatable bonds is 8. The summed E-state index contributed by atoms with van der Waals surface area (Å²) in [5.74, 6) is 0.118. The molecule has 0 amide bonds. The number of aryl methyl sites for hydroxylation is 1. The van der Waals surface area contributed by atoms with Gasteiger partial charge in [-0.15, -0.1) is 0 Å². The van der Waals surface area contributed by atoms with Crippen molar-refractivity contribution in [3.05, 3.63) is 96.1 Å². The largest absolute Gasteiger partial charge is 0.458 e. The van der Waals surface area contributed by atoms with Crippen molar-refractivity contribution in [2.24, 2.45) is 5.92 Å². The van der Waals surface area contributed by atoms with Gasteiger partial charge >= 0.3 is 5.97 Å². The molecule has 5 heteroatoms. The van der Waals surface area contributed by atoms with Gasteiger partial charge in [0.15, 0.2) is 0 Å². The summed E-state index contributed by atoms with van der Waals surface area (Å²) in [5.41, 5.74) is 1.61. The standard InChI is InChI=1S/C27H28O4S/c28-27(23-11-3-1-4-12-23)31-26(22-9-7-8-10-22)20-17-21-15-18-25(19-16-21)32(29,30)24-13-5-2-6-14-24/h1-6,11-16,18-19,22,26H,7-10,17,20H2. The molecule has 0 N–H and O–H groups in total. The molecule has 0 bridgehead atoms. The van der Waals surface area contributed by atoms with Gasteiger partial charge in [-0.1, -0.05) is 61.4 Å². The van der Waals surface area contributed by atoms with Crippen LogP contribution in [0.4, 0.5) is 0 Å². The second-order valence-electron chi connectivity index (χ2n) is 8.35. The summed E-state index contributed by atoms with van der Waals surface area (Å²) < 4.78 is 31.5.